The summed E-state index contributed by atoms with van der Waals surface area (Å²) < 4.78 is 5.46. The fourth-order valence-electron chi connectivity index (χ4n) is 3.62. The van der Waals surface area contributed by atoms with E-state index in [-0.39, 0.29) is 11.9 Å². The summed E-state index contributed by atoms with van der Waals surface area (Å²) in [5.41, 5.74) is 3.75. The highest BCUT2D eigenvalue weighted by Crippen LogP contribution is 2.25. The molecule has 4 rings (SSSR count). The Balaban J connectivity index is 1.47. The van der Waals surface area contributed by atoms with Gasteiger partial charge in [0.2, 0.25) is 11.8 Å². The van der Waals surface area contributed by atoms with Gasteiger partial charge in [-0.15, -0.1) is 10.2 Å². The molecule has 0 N–H and O–H groups in total. The number of nitrogens with zero attached hydrogens (tertiary/aromatic N) is 4. The van der Waals surface area contributed by atoms with E-state index in [0.29, 0.717) is 11.8 Å². The van der Waals surface area contributed by atoms with Crippen molar-refractivity contribution < 1.29 is 9.21 Å². The molecule has 1 aromatic heterocycles. The van der Waals surface area contributed by atoms with Crippen molar-refractivity contribution in [1.82, 2.24) is 20.0 Å². The molecule has 2 aromatic carbocycles. The van der Waals surface area contributed by atoms with Gasteiger partial charge in [-0.1, -0.05) is 24.3 Å². The highest BCUT2D eigenvalue weighted by Gasteiger charge is 2.26. The molecule has 1 aliphatic heterocycles. The molecule has 0 aliphatic carbocycles. The summed E-state index contributed by atoms with van der Waals surface area (Å²) in [4.78, 5) is 16.9. The first kappa shape index (κ1) is 18.4. The van der Waals surface area contributed by atoms with Crippen LogP contribution in [-0.2, 0) is 0 Å². The quantitative estimate of drug-likeness (QED) is 0.697. The largest absolute Gasteiger partial charge is 0.421 e. The van der Waals surface area contributed by atoms with Crippen molar-refractivity contribution >= 4 is 5.91 Å². The van der Waals surface area contributed by atoms with E-state index in [1.807, 2.05) is 60.5 Å². The molecule has 1 aliphatic rings. The lowest BCUT2D eigenvalue weighted by atomic mass is 10.0. The van der Waals surface area contributed by atoms with Gasteiger partial charge in [0, 0.05) is 37.7 Å². The number of hydrogen-bond acceptors (Lipinski definition) is 5. The van der Waals surface area contributed by atoms with Crippen molar-refractivity contribution in [3.8, 4) is 22.6 Å². The first-order valence-electron chi connectivity index (χ1n) is 9.48. The Bertz CT molecular complexity index is 963. The second-order valence-corrected chi connectivity index (χ2v) is 7.40. The Morgan fingerprint density at radius 1 is 1.04 bits per heavy atom. The molecule has 0 bridgehead atoms. The molecular formula is C22H24N4O2. The average molecular weight is 376 g/mol. The number of aromatic nitrogens is 2. The number of carbonyl (C=O) groups is 1. The topological polar surface area (TPSA) is 62.5 Å². The highest BCUT2D eigenvalue weighted by molar-refractivity contribution is 5.94. The lowest BCUT2D eigenvalue weighted by Gasteiger charge is -2.24. The maximum Gasteiger partial charge on any atom is 0.253 e. The summed E-state index contributed by atoms with van der Waals surface area (Å²) in [5, 5.41) is 7.90. The Hall–Kier alpha value is -2.99. The van der Waals surface area contributed by atoms with E-state index < -0.39 is 0 Å². The molecule has 28 heavy (non-hydrogen) atoms. The molecular weight excluding hydrogens is 352 g/mol. The van der Waals surface area contributed by atoms with E-state index in [1.54, 1.807) is 6.92 Å². The van der Waals surface area contributed by atoms with Crippen LogP contribution in [0.5, 0.6) is 0 Å². The van der Waals surface area contributed by atoms with Crippen LogP contribution in [0.1, 0.15) is 22.7 Å². The van der Waals surface area contributed by atoms with Crippen molar-refractivity contribution in [3.05, 3.63) is 60.0 Å². The van der Waals surface area contributed by atoms with Gasteiger partial charge >= 0.3 is 0 Å². The number of rotatable bonds is 4. The van der Waals surface area contributed by atoms with Gasteiger partial charge in [-0.3, -0.25) is 4.79 Å². The first-order valence-corrected chi connectivity index (χ1v) is 9.48. The summed E-state index contributed by atoms with van der Waals surface area (Å²) in [6.45, 7) is 3.75. The minimum atomic E-state index is 0.0777. The molecule has 2 heterocycles. The Labute approximate surface area is 164 Å². The average Bonchev–Trinajstić information content (AvgIpc) is 3.35. The molecule has 144 valence electrons. The van der Waals surface area contributed by atoms with Gasteiger partial charge in [-0.25, -0.2) is 0 Å². The van der Waals surface area contributed by atoms with Crippen LogP contribution in [0.25, 0.3) is 22.6 Å². The van der Waals surface area contributed by atoms with Gasteiger partial charge in [-0.05, 0) is 55.4 Å². The van der Waals surface area contributed by atoms with Crippen LogP contribution in [0, 0.1) is 6.92 Å². The van der Waals surface area contributed by atoms with E-state index in [4.69, 9.17) is 4.42 Å². The maximum atomic E-state index is 12.8. The number of likely N-dealkylation sites (N-methyl/N-ethyl adjacent to an activating group) is 2. The van der Waals surface area contributed by atoms with E-state index >= 15 is 0 Å². The Kier molecular flexibility index (Phi) is 4.96. The van der Waals surface area contributed by atoms with E-state index in [9.17, 15) is 4.79 Å². The zero-order chi connectivity index (χ0) is 19.7. The Morgan fingerprint density at radius 3 is 2.18 bits per heavy atom. The SMILES string of the molecule is Cc1nnc(-c2ccc(-c3ccc(C(=O)N(C)C4CCN(C)C4)cc3)cc2)o1. The summed E-state index contributed by atoms with van der Waals surface area (Å²) >= 11 is 0. The van der Waals surface area contributed by atoms with E-state index in [0.717, 1.165) is 41.8 Å². The van der Waals surface area contributed by atoms with Crippen LogP contribution in [0.15, 0.2) is 52.9 Å². The molecule has 6 heteroatoms. The predicted molar refractivity (Wildman–Crippen MR) is 108 cm³/mol. The van der Waals surface area contributed by atoms with Gasteiger partial charge in [0.25, 0.3) is 5.91 Å². The standard InChI is InChI=1S/C22H24N4O2/c1-15-23-24-21(28-15)18-8-4-16(5-9-18)17-6-10-19(11-7-17)22(27)26(3)20-12-13-25(2)14-20/h4-11,20H,12-14H2,1-3H3. The molecule has 1 fully saturated rings. The maximum absolute atomic E-state index is 12.8. The second kappa shape index (κ2) is 7.56. The third kappa shape index (κ3) is 3.68. The lowest BCUT2D eigenvalue weighted by Crippen LogP contribution is -2.38. The summed E-state index contributed by atoms with van der Waals surface area (Å²) in [5.74, 6) is 1.15. The van der Waals surface area contributed by atoms with Gasteiger partial charge in [0.1, 0.15) is 0 Å². The van der Waals surface area contributed by atoms with Gasteiger partial charge in [0.05, 0.1) is 0 Å². The third-order valence-corrected chi connectivity index (χ3v) is 5.36. The molecule has 1 atom stereocenters. The first-order chi connectivity index (χ1) is 13.5. The third-order valence-electron chi connectivity index (χ3n) is 5.36. The number of benzene rings is 2. The normalized spacial score (nSPS) is 17.0. The van der Waals surface area contributed by atoms with Crippen LogP contribution < -0.4 is 0 Å². The monoisotopic (exact) mass is 376 g/mol. The molecule has 1 amide bonds. The minimum absolute atomic E-state index is 0.0777. The molecule has 3 aromatic rings. The van der Waals surface area contributed by atoms with Gasteiger partial charge in [-0.2, -0.15) is 0 Å². The number of amides is 1. The number of carbonyl (C=O) groups excluding carboxylic acids is 1. The van der Waals surface area contributed by atoms with Crippen LogP contribution in [-0.4, -0.2) is 59.1 Å². The van der Waals surface area contributed by atoms with Crippen molar-refractivity contribution in [2.45, 2.75) is 19.4 Å². The summed E-state index contributed by atoms with van der Waals surface area (Å²) in [7, 11) is 4.00. The van der Waals surface area contributed by atoms with Crippen molar-refractivity contribution in [3.63, 3.8) is 0 Å². The van der Waals surface area contributed by atoms with Crippen molar-refractivity contribution in [2.24, 2.45) is 0 Å². The van der Waals surface area contributed by atoms with Crippen LogP contribution in [0.3, 0.4) is 0 Å². The van der Waals surface area contributed by atoms with Crippen LogP contribution >= 0.6 is 0 Å². The zero-order valence-electron chi connectivity index (χ0n) is 16.4. The van der Waals surface area contributed by atoms with Crippen molar-refractivity contribution in [2.75, 3.05) is 27.2 Å². The van der Waals surface area contributed by atoms with Crippen molar-refractivity contribution in [1.29, 1.82) is 0 Å². The van der Waals surface area contributed by atoms with Crippen LogP contribution in [0.2, 0.25) is 0 Å². The molecule has 0 radical (unpaired) electrons. The fraction of sp³-hybridized carbons (Fsp3) is 0.318. The van der Waals surface area contributed by atoms with Crippen LogP contribution in [0.4, 0.5) is 0 Å². The number of likely N-dealkylation sites (tertiary alicyclic amines) is 1. The summed E-state index contributed by atoms with van der Waals surface area (Å²) in [6.07, 6.45) is 1.03. The molecule has 1 unspecified atom stereocenters. The zero-order valence-corrected chi connectivity index (χ0v) is 16.4. The lowest BCUT2D eigenvalue weighted by molar-refractivity contribution is 0.0737. The predicted octanol–water partition coefficient (Wildman–Crippen LogP) is 3.49. The van der Waals surface area contributed by atoms with E-state index in [1.165, 1.54) is 0 Å². The number of aryl methyl sites for hydroxylation is 1. The fourth-order valence-corrected chi connectivity index (χ4v) is 3.62. The smallest absolute Gasteiger partial charge is 0.253 e. The summed E-state index contributed by atoms with van der Waals surface area (Å²) in [6, 6.07) is 16.1. The van der Waals surface area contributed by atoms with Gasteiger partial charge in [0.15, 0.2) is 0 Å². The van der Waals surface area contributed by atoms with Gasteiger partial charge < -0.3 is 14.2 Å². The molecule has 0 spiro atoms. The minimum Gasteiger partial charge on any atom is -0.421 e. The molecule has 6 nitrogen and oxygen atoms in total. The number of hydrogen-bond donors (Lipinski definition) is 0. The molecule has 1 saturated heterocycles. The highest BCUT2D eigenvalue weighted by atomic mass is 16.4. The molecule has 0 saturated carbocycles. The van der Waals surface area contributed by atoms with E-state index in [2.05, 4.69) is 22.1 Å². The Morgan fingerprint density at radius 2 is 1.64 bits per heavy atom. The second-order valence-electron chi connectivity index (χ2n) is 7.40.